The van der Waals surface area contributed by atoms with E-state index in [0.29, 0.717) is 6.54 Å². The Balaban J connectivity index is 2.34. The largest absolute Gasteiger partial charge is 0.324 e. The molecular weight excluding hydrogens is 250 g/mol. The number of hydrogen-bond donors (Lipinski definition) is 2. The Kier molecular flexibility index (Phi) is 7.26. The molecule has 20 heavy (non-hydrogen) atoms. The van der Waals surface area contributed by atoms with Gasteiger partial charge in [-0.3, -0.25) is 4.79 Å². The summed E-state index contributed by atoms with van der Waals surface area (Å²) in [6.07, 6.45) is 0. The lowest BCUT2D eigenvalue weighted by atomic mass is 10.1. The van der Waals surface area contributed by atoms with Gasteiger partial charge in [-0.15, -0.1) is 0 Å². The second kappa shape index (κ2) is 8.72. The number of nitrogens with zero attached hydrogens (tertiary/aromatic N) is 1. The molecule has 0 aromatic heterocycles. The third kappa shape index (κ3) is 5.31. The molecule has 0 bridgehead atoms. The van der Waals surface area contributed by atoms with Crippen LogP contribution >= 0.6 is 0 Å². The Hall–Kier alpha value is -1.39. The molecule has 1 amide bonds. The summed E-state index contributed by atoms with van der Waals surface area (Å²) in [4.78, 5) is 14.2. The number of benzene rings is 1. The Labute approximate surface area is 122 Å². The fourth-order valence-electron chi connectivity index (χ4n) is 2.17. The number of carbonyl (C=O) groups is 1. The molecule has 0 unspecified atom stereocenters. The normalized spacial score (nSPS) is 10.8. The fraction of sp³-hybridized carbons (Fsp3) is 0.562. The minimum atomic E-state index is 0.0157. The maximum Gasteiger partial charge on any atom is 0.238 e. The molecule has 2 N–H and O–H groups in total. The summed E-state index contributed by atoms with van der Waals surface area (Å²) in [6, 6.07) is 6.02. The molecule has 0 spiro atoms. The van der Waals surface area contributed by atoms with Crippen molar-refractivity contribution in [2.24, 2.45) is 0 Å². The molecular formula is C16H27N3O. The van der Waals surface area contributed by atoms with Gasteiger partial charge in [0.2, 0.25) is 5.91 Å². The quantitative estimate of drug-likeness (QED) is 0.716. The summed E-state index contributed by atoms with van der Waals surface area (Å²) in [5, 5.41) is 6.17. The number of anilines is 1. The number of aryl methyl sites for hydroxylation is 2. The maximum absolute atomic E-state index is 11.9. The zero-order chi connectivity index (χ0) is 15.0. The van der Waals surface area contributed by atoms with Gasteiger partial charge in [-0.05, 0) is 38.1 Å². The van der Waals surface area contributed by atoms with E-state index in [1.54, 1.807) is 0 Å². The third-order valence-electron chi connectivity index (χ3n) is 3.53. The summed E-state index contributed by atoms with van der Waals surface area (Å²) >= 11 is 0. The molecule has 4 nitrogen and oxygen atoms in total. The van der Waals surface area contributed by atoms with Crippen molar-refractivity contribution in [2.75, 3.05) is 38.0 Å². The second-order valence-electron chi connectivity index (χ2n) is 5.02. The predicted molar refractivity (Wildman–Crippen MR) is 85.2 cm³/mol. The number of nitrogens with one attached hydrogen (secondary N) is 2. The van der Waals surface area contributed by atoms with Gasteiger partial charge in [-0.1, -0.05) is 32.0 Å². The number of rotatable bonds is 8. The average Bonchev–Trinajstić information content (AvgIpc) is 2.43. The smallest absolute Gasteiger partial charge is 0.238 e. The number of hydrogen-bond acceptors (Lipinski definition) is 3. The van der Waals surface area contributed by atoms with E-state index in [2.05, 4.69) is 29.4 Å². The molecule has 0 atom stereocenters. The Morgan fingerprint density at radius 1 is 1.15 bits per heavy atom. The van der Waals surface area contributed by atoms with Gasteiger partial charge in [0, 0.05) is 18.8 Å². The minimum Gasteiger partial charge on any atom is -0.324 e. The highest BCUT2D eigenvalue weighted by Gasteiger charge is 2.06. The molecule has 0 aliphatic carbocycles. The zero-order valence-electron chi connectivity index (χ0n) is 13.1. The number of likely N-dealkylation sites (N-methyl/N-ethyl adjacent to an activating group) is 1. The van der Waals surface area contributed by atoms with E-state index < -0.39 is 0 Å². The van der Waals surface area contributed by atoms with Crippen LogP contribution < -0.4 is 10.6 Å². The molecule has 1 aromatic carbocycles. The van der Waals surface area contributed by atoms with Crippen molar-refractivity contribution in [1.29, 1.82) is 0 Å². The van der Waals surface area contributed by atoms with Gasteiger partial charge in [0.05, 0.1) is 6.54 Å². The van der Waals surface area contributed by atoms with E-state index in [-0.39, 0.29) is 5.91 Å². The van der Waals surface area contributed by atoms with Crippen molar-refractivity contribution in [3.8, 4) is 0 Å². The monoisotopic (exact) mass is 277 g/mol. The molecule has 0 aliphatic heterocycles. The molecule has 0 heterocycles. The Bertz CT molecular complexity index is 407. The van der Waals surface area contributed by atoms with Crippen molar-refractivity contribution in [3.63, 3.8) is 0 Å². The molecule has 0 fully saturated rings. The Morgan fingerprint density at radius 2 is 1.75 bits per heavy atom. The van der Waals surface area contributed by atoms with Gasteiger partial charge in [0.1, 0.15) is 0 Å². The summed E-state index contributed by atoms with van der Waals surface area (Å²) < 4.78 is 0. The standard InChI is InChI=1S/C16H27N3O/c1-5-19(6-2)11-10-17-12-15(20)18-16-13(3)8-7-9-14(16)4/h7-9,17H,5-6,10-12H2,1-4H3,(H,18,20). The van der Waals surface area contributed by atoms with E-state index in [1.807, 2.05) is 32.0 Å². The third-order valence-corrected chi connectivity index (χ3v) is 3.53. The molecule has 1 aromatic rings. The second-order valence-corrected chi connectivity index (χ2v) is 5.02. The molecule has 0 aliphatic rings. The van der Waals surface area contributed by atoms with Crippen LogP contribution in [0.1, 0.15) is 25.0 Å². The maximum atomic E-state index is 11.9. The van der Waals surface area contributed by atoms with Crippen LogP contribution in [-0.2, 0) is 4.79 Å². The Morgan fingerprint density at radius 3 is 2.30 bits per heavy atom. The first kappa shape index (κ1) is 16.7. The SMILES string of the molecule is CCN(CC)CCNCC(=O)Nc1c(C)cccc1C. The first-order valence-electron chi connectivity index (χ1n) is 7.37. The number of amides is 1. The van der Waals surface area contributed by atoms with Gasteiger partial charge >= 0.3 is 0 Å². The molecule has 112 valence electrons. The first-order valence-corrected chi connectivity index (χ1v) is 7.37. The lowest BCUT2D eigenvalue weighted by molar-refractivity contribution is -0.115. The van der Waals surface area contributed by atoms with Crippen molar-refractivity contribution in [3.05, 3.63) is 29.3 Å². The topological polar surface area (TPSA) is 44.4 Å². The van der Waals surface area contributed by atoms with Crippen molar-refractivity contribution in [2.45, 2.75) is 27.7 Å². The van der Waals surface area contributed by atoms with Crippen molar-refractivity contribution in [1.82, 2.24) is 10.2 Å². The van der Waals surface area contributed by atoms with Crippen LogP contribution in [0.3, 0.4) is 0 Å². The zero-order valence-corrected chi connectivity index (χ0v) is 13.1. The van der Waals surface area contributed by atoms with Crippen molar-refractivity contribution >= 4 is 11.6 Å². The van der Waals surface area contributed by atoms with Crippen LogP contribution in [0.2, 0.25) is 0 Å². The summed E-state index contributed by atoms with van der Waals surface area (Å²) in [5.41, 5.74) is 3.13. The highest BCUT2D eigenvalue weighted by molar-refractivity contribution is 5.93. The van der Waals surface area contributed by atoms with Crippen LogP contribution in [0.4, 0.5) is 5.69 Å². The fourth-order valence-corrected chi connectivity index (χ4v) is 2.17. The van der Waals surface area contributed by atoms with Gasteiger partial charge in [0.15, 0.2) is 0 Å². The van der Waals surface area contributed by atoms with E-state index in [1.165, 1.54) is 0 Å². The van der Waals surface area contributed by atoms with E-state index in [4.69, 9.17) is 0 Å². The highest BCUT2D eigenvalue weighted by Crippen LogP contribution is 2.18. The van der Waals surface area contributed by atoms with Crippen LogP contribution in [0, 0.1) is 13.8 Å². The predicted octanol–water partition coefficient (Wildman–Crippen LogP) is 2.17. The summed E-state index contributed by atoms with van der Waals surface area (Å²) in [6.45, 7) is 12.6. The molecule has 0 radical (unpaired) electrons. The van der Waals surface area contributed by atoms with Crippen LogP contribution in [0.5, 0.6) is 0 Å². The number of para-hydroxylation sites is 1. The minimum absolute atomic E-state index is 0.0157. The van der Waals surface area contributed by atoms with Gasteiger partial charge < -0.3 is 15.5 Å². The van der Waals surface area contributed by atoms with Gasteiger partial charge in [-0.25, -0.2) is 0 Å². The van der Waals surface area contributed by atoms with Gasteiger partial charge in [0.25, 0.3) is 0 Å². The first-order chi connectivity index (χ1) is 9.58. The van der Waals surface area contributed by atoms with Crippen LogP contribution in [0.25, 0.3) is 0 Å². The van der Waals surface area contributed by atoms with E-state index >= 15 is 0 Å². The average molecular weight is 277 g/mol. The number of carbonyl (C=O) groups excluding carboxylic acids is 1. The summed E-state index contributed by atoms with van der Waals surface area (Å²) in [7, 11) is 0. The lowest BCUT2D eigenvalue weighted by Crippen LogP contribution is -2.35. The van der Waals surface area contributed by atoms with Gasteiger partial charge in [-0.2, -0.15) is 0 Å². The highest BCUT2D eigenvalue weighted by atomic mass is 16.1. The lowest BCUT2D eigenvalue weighted by Gasteiger charge is -2.18. The molecule has 0 saturated heterocycles. The molecule has 1 rings (SSSR count). The van der Waals surface area contributed by atoms with E-state index in [9.17, 15) is 4.79 Å². The molecule has 0 saturated carbocycles. The molecule has 4 heteroatoms. The van der Waals surface area contributed by atoms with Crippen LogP contribution in [0.15, 0.2) is 18.2 Å². The summed E-state index contributed by atoms with van der Waals surface area (Å²) in [5.74, 6) is 0.0157. The van der Waals surface area contributed by atoms with Crippen LogP contribution in [-0.4, -0.2) is 43.5 Å². The van der Waals surface area contributed by atoms with Crippen molar-refractivity contribution < 1.29 is 4.79 Å². The van der Waals surface area contributed by atoms with E-state index in [0.717, 1.165) is 43.0 Å².